The van der Waals surface area contributed by atoms with Crippen molar-refractivity contribution in [2.75, 3.05) is 0 Å². The summed E-state index contributed by atoms with van der Waals surface area (Å²) in [6.45, 7) is 0.471. The van der Waals surface area contributed by atoms with Crippen LogP contribution >= 0.6 is 31.9 Å². The molecular weight excluding hydrogens is 372 g/mol. The fourth-order valence-electron chi connectivity index (χ4n) is 1.53. The highest BCUT2D eigenvalue weighted by Crippen LogP contribution is 2.28. The molecule has 0 aliphatic heterocycles. The van der Waals surface area contributed by atoms with Crippen LogP contribution in [0.15, 0.2) is 51.4 Å². The Bertz CT molecular complexity index is 597. The predicted molar refractivity (Wildman–Crippen MR) is 83.6 cm³/mol. The first kappa shape index (κ1) is 14.1. The number of halogens is 2. The molecule has 0 saturated carbocycles. The highest BCUT2D eigenvalue weighted by atomic mass is 79.9. The molecule has 0 saturated heterocycles. The first-order chi connectivity index (χ1) is 9.06. The van der Waals surface area contributed by atoms with E-state index >= 15 is 0 Å². The molecule has 0 aromatic heterocycles. The van der Waals surface area contributed by atoms with Gasteiger partial charge in [-0.3, -0.25) is 5.41 Å². The summed E-state index contributed by atoms with van der Waals surface area (Å²) < 4.78 is 7.63. The van der Waals surface area contributed by atoms with Crippen molar-refractivity contribution >= 4 is 37.7 Å². The highest BCUT2D eigenvalue weighted by molar-refractivity contribution is 9.11. The van der Waals surface area contributed by atoms with Crippen molar-refractivity contribution in [2.45, 2.75) is 6.61 Å². The second kappa shape index (κ2) is 6.21. The van der Waals surface area contributed by atoms with Gasteiger partial charge in [-0.05, 0) is 39.7 Å². The van der Waals surface area contributed by atoms with E-state index in [1.807, 2.05) is 42.5 Å². The number of hydrogen-bond donors (Lipinski definition) is 2. The van der Waals surface area contributed by atoms with Crippen molar-refractivity contribution in [1.29, 1.82) is 5.41 Å². The maximum atomic E-state index is 7.33. The average molecular weight is 384 g/mol. The molecule has 0 atom stereocenters. The van der Waals surface area contributed by atoms with Crippen LogP contribution in [-0.4, -0.2) is 5.84 Å². The van der Waals surface area contributed by atoms with Crippen LogP contribution in [0.2, 0.25) is 0 Å². The van der Waals surface area contributed by atoms with E-state index in [1.54, 1.807) is 0 Å². The minimum Gasteiger partial charge on any atom is -0.488 e. The van der Waals surface area contributed by atoms with E-state index in [1.165, 1.54) is 0 Å². The number of nitrogens with two attached hydrogens (primary N) is 1. The molecule has 0 fully saturated rings. The second-order valence-electron chi connectivity index (χ2n) is 3.97. The third-order valence-corrected chi connectivity index (χ3v) is 3.67. The Morgan fingerprint density at radius 3 is 2.37 bits per heavy atom. The molecule has 0 heterocycles. The van der Waals surface area contributed by atoms with E-state index in [0.29, 0.717) is 12.2 Å². The van der Waals surface area contributed by atoms with E-state index in [4.69, 9.17) is 15.9 Å². The Labute approximate surface area is 128 Å². The summed E-state index contributed by atoms with van der Waals surface area (Å²) in [5.74, 6) is 0.863. The summed E-state index contributed by atoms with van der Waals surface area (Å²) in [4.78, 5) is 0. The van der Waals surface area contributed by atoms with Gasteiger partial charge in [0.25, 0.3) is 0 Å². The van der Waals surface area contributed by atoms with Gasteiger partial charge >= 0.3 is 0 Å². The Balaban J connectivity index is 2.04. The Morgan fingerprint density at radius 2 is 1.79 bits per heavy atom. The summed E-state index contributed by atoms with van der Waals surface area (Å²) >= 11 is 6.85. The molecule has 2 aromatic rings. The third-order valence-electron chi connectivity index (χ3n) is 2.55. The number of hydrogen-bond acceptors (Lipinski definition) is 2. The van der Waals surface area contributed by atoms with Gasteiger partial charge in [0, 0.05) is 10.0 Å². The van der Waals surface area contributed by atoms with Gasteiger partial charge in [-0.2, -0.15) is 0 Å². The number of ether oxygens (including phenoxy) is 1. The van der Waals surface area contributed by atoms with Crippen LogP contribution in [0.4, 0.5) is 0 Å². The molecule has 0 bridgehead atoms. The molecule has 0 unspecified atom stereocenters. The van der Waals surface area contributed by atoms with E-state index < -0.39 is 0 Å². The van der Waals surface area contributed by atoms with Crippen molar-refractivity contribution in [3.05, 3.63) is 62.5 Å². The number of rotatable bonds is 4. The van der Waals surface area contributed by atoms with Crippen LogP contribution in [0.5, 0.6) is 5.75 Å². The van der Waals surface area contributed by atoms with Crippen LogP contribution in [0.3, 0.4) is 0 Å². The summed E-state index contributed by atoms with van der Waals surface area (Å²) in [5.41, 5.74) is 7.15. The predicted octanol–water partition coefficient (Wildman–Crippen LogP) is 4.07. The number of benzene rings is 2. The smallest absolute Gasteiger partial charge is 0.134 e. The summed E-state index contributed by atoms with van der Waals surface area (Å²) in [6, 6.07) is 13.2. The lowest BCUT2D eigenvalue weighted by molar-refractivity contribution is 0.304. The molecule has 5 heteroatoms. The van der Waals surface area contributed by atoms with Crippen LogP contribution in [0, 0.1) is 5.41 Å². The summed E-state index contributed by atoms with van der Waals surface area (Å²) in [7, 11) is 0. The van der Waals surface area contributed by atoms with Crippen molar-refractivity contribution in [2.24, 2.45) is 5.73 Å². The lowest BCUT2D eigenvalue weighted by Crippen LogP contribution is -2.10. The molecule has 98 valence electrons. The zero-order valence-corrected chi connectivity index (χ0v) is 13.2. The quantitative estimate of drug-likeness (QED) is 0.617. The maximum Gasteiger partial charge on any atom is 0.134 e. The van der Waals surface area contributed by atoms with Gasteiger partial charge in [-0.25, -0.2) is 0 Å². The number of nitrogen functional groups attached to an aromatic ring is 1. The molecule has 3 N–H and O–H groups in total. The molecular formula is C14H12Br2N2O. The standard InChI is InChI=1S/C14H12Br2N2O/c15-11-5-6-13(12(16)7-11)19-8-9-1-3-10(4-2-9)14(17)18/h1-7H,8H2,(H3,17,18). The van der Waals surface area contributed by atoms with Gasteiger partial charge in [-0.15, -0.1) is 0 Å². The van der Waals surface area contributed by atoms with Gasteiger partial charge in [0.05, 0.1) is 4.47 Å². The Morgan fingerprint density at radius 1 is 1.11 bits per heavy atom. The third kappa shape index (κ3) is 3.81. The molecule has 0 amide bonds. The van der Waals surface area contributed by atoms with Crippen LogP contribution < -0.4 is 10.5 Å². The molecule has 3 nitrogen and oxygen atoms in total. The van der Waals surface area contributed by atoms with Crippen LogP contribution in [-0.2, 0) is 6.61 Å². The van der Waals surface area contributed by atoms with E-state index in [0.717, 1.165) is 20.3 Å². The van der Waals surface area contributed by atoms with E-state index in [-0.39, 0.29) is 5.84 Å². The van der Waals surface area contributed by atoms with Gasteiger partial charge < -0.3 is 10.5 Å². The maximum absolute atomic E-state index is 7.33. The fourth-order valence-corrected chi connectivity index (χ4v) is 2.70. The monoisotopic (exact) mass is 382 g/mol. The molecule has 2 aromatic carbocycles. The van der Waals surface area contributed by atoms with E-state index in [9.17, 15) is 0 Å². The van der Waals surface area contributed by atoms with Crippen LogP contribution in [0.1, 0.15) is 11.1 Å². The highest BCUT2D eigenvalue weighted by Gasteiger charge is 2.03. The normalized spacial score (nSPS) is 10.2. The fraction of sp³-hybridized carbons (Fsp3) is 0.0714. The molecule has 2 rings (SSSR count). The molecule has 0 aliphatic rings. The number of amidine groups is 1. The first-order valence-electron chi connectivity index (χ1n) is 5.57. The van der Waals surface area contributed by atoms with Crippen molar-refractivity contribution in [1.82, 2.24) is 0 Å². The average Bonchev–Trinajstić information content (AvgIpc) is 2.38. The van der Waals surface area contributed by atoms with Gasteiger partial charge in [0.1, 0.15) is 18.2 Å². The topological polar surface area (TPSA) is 59.1 Å². The Kier molecular flexibility index (Phi) is 4.61. The van der Waals surface area contributed by atoms with Crippen molar-refractivity contribution in [3.63, 3.8) is 0 Å². The minimum atomic E-state index is 0.0723. The lowest BCUT2D eigenvalue weighted by Gasteiger charge is -2.09. The first-order valence-corrected chi connectivity index (χ1v) is 7.16. The van der Waals surface area contributed by atoms with Crippen LogP contribution in [0.25, 0.3) is 0 Å². The van der Waals surface area contributed by atoms with Crippen molar-refractivity contribution < 1.29 is 4.74 Å². The zero-order valence-electron chi connectivity index (χ0n) is 9.99. The van der Waals surface area contributed by atoms with Gasteiger partial charge in [0.2, 0.25) is 0 Å². The minimum absolute atomic E-state index is 0.0723. The van der Waals surface area contributed by atoms with Crippen molar-refractivity contribution in [3.8, 4) is 5.75 Å². The molecule has 0 aliphatic carbocycles. The lowest BCUT2D eigenvalue weighted by atomic mass is 10.1. The number of nitrogens with one attached hydrogen (secondary N) is 1. The summed E-state index contributed by atoms with van der Waals surface area (Å²) in [5, 5.41) is 7.33. The van der Waals surface area contributed by atoms with E-state index in [2.05, 4.69) is 31.9 Å². The molecule has 0 radical (unpaired) electrons. The molecule has 0 spiro atoms. The second-order valence-corrected chi connectivity index (χ2v) is 5.74. The van der Waals surface area contributed by atoms with Gasteiger partial charge in [-0.1, -0.05) is 40.2 Å². The summed E-state index contributed by atoms with van der Waals surface area (Å²) in [6.07, 6.45) is 0. The SMILES string of the molecule is N=C(N)c1ccc(COc2ccc(Br)cc2Br)cc1. The Hall–Kier alpha value is -1.33. The largest absolute Gasteiger partial charge is 0.488 e. The molecule has 19 heavy (non-hydrogen) atoms. The zero-order chi connectivity index (χ0) is 13.8. The van der Waals surface area contributed by atoms with Gasteiger partial charge in [0.15, 0.2) is 0 Å².